The van der Waals surface area contributed by atoms with Crippen molar-refractivity contribution in [3.8, 4) is 0 Å². The van der Waals surface area contributed by atoms with Crippen molar-refractivity contribution < 1.29 is 26.3 Å². The third-order valence-corrected chi connectivity index (χ3v) is 4.96. The van der Waals surface area contributed by atoms with Crippen LogP contribution < -0.4 is 15.4 Å². The third-order valence-electron chi connectivity index (χ3n) is 4.53. The lowest BCUT2D eigenvalue weighted by Gasteiger charge is -2.16. The molecule has 1 aromatic heterocycles. The van der Waals surface area contributed by atoms with Crippen LogP contribution in [0.5, 0.6) is 0 Å². The summed E-state index contributed by atoms with van der Waals surface area (Å²) in [5.41, 5.74) is -1.02. The van der Waals surface area contributed by atoms with E-state index in [-0.39, 0.29) is 35.2 Å². The zero-order chi connectivity index (χ0) is 24.2. The van der Waals surface area contributed by atoms with Gasteiger partial charge in [0.25, 0.3) is 0 Å². The Balaban J connectivity index is 1.82. The van der Waals surface area contributed by atoms with Gasteiger partial charge in [0, 0.05) is 30.2 Å². The average Bonchev–Trinajstić information content (AvgIpc) is 2.74. The van der Waals surface area contributed by atoms with Gasteiger partial charge in [0.1, 0.15) is 5.82 Å². The normalized spacial score (nSPS) is 11.9. The van der Waals surface area contributed by atoms with Gasteiger partial charge >= 0.3 is 12.4 Å². The highest BCUT2D eigenvalue weighted by atomic mass is 32.2. The minimum Gasteiger partial charge on any atom is -0.366 e. The Kier molecular flexibility index (Phi) is 7.25. The van der Waals surface area contributed by atoms with Gasteiger partial charge in [0.2, 0.25) is 5.95 Å². The summed E-state index contributed by atoms with van der Waals surface area (Å²) in [6.07, 6.45) is -6.06. The Bertz CT molecular complexity index is 1120. The van der Waals surface area contributed by atoms with Crippen LogP contribution in [0.2, 0.25) is 0 Å². The predicted molar refractivity (Wildman–Crippen MR) is 117 cm³/mol. The van der Waals surface area contributed by atoms with Gasteiger partial charge in [-0.25, -0.2) is 4.98 Å². The van der Waals surface area contributed by atoms with Gasteiger partial charge in [-0.2, -0.15) is 31.3 Å². The molecule has 0 unspecified atom stereocenters. The number of aromatic nitrogens is 2. The summed E-state index contributed by atoms with van der Waals surface area (Å²) in [5, 5.41) is 5.56. The Labute approximate surface area is 190 Å². The molecule has 2 aromatic carbocycles. The fourth-order valence-electron chi connectivity index (χ4n) is 3.00. The van der Waals surface area contributed by atoms with Gasteiger partial charge in [-0.3, -0.25) is 0 Å². The van der Waals surface area contributed by atoms with Crippen LogP contribution >= 0.6 is 11.9 Å². The molecule has 3 rings (SSSR count). The number of anilines is 4. The van der Waals surface area contributed by atoms with E-state index in [1.54, 1.807) is 13.2 Å². The summed E-state index contributed by atoms with van der Waals surface area (Å²) in [5.74, 6) is 0.243. The van der Waals surface area contributed by atoms with Gasteiger partial charge in [0.15, 0.2) is 0 Å². The van der Waals surface area contributed by atoms with E-state index in [1.807, 2.05) is 0 Å². The third kappa shape index (κ3) is 6.21. The van der Waals surface area contributed by atoms with Crippen LogP contribution in [0.4, 0.5) is 49.5 Å². The van der Waals surface area contributed by atoms with Crippen LogP contribution in [0.3, 0.4) is 0 Å². The molecule has 3 aromatic rings. The Morgan fingerprint density at radius 2 is 1.64 bits per heavy atom. The first kappa shape index (κ1) is 24.5. The number of nitrogens with one attached hydrogen (secondary N) is 3. The van der Waals surface area contributed by atoms with Crippen LogP contribution in [-0.4, -0.2) is 16.2 Å². The lowest BCUT2D eigenvalue weighted by molar-refractivity contribution is -0.138. The average molecular weight is 487 g/mol. The standard InChI is InChI=1S/C21H19F6N5S/c1-12-10-29-19(30-14-7-8-17(32-33-2)16(9-14)21(25,26)27)31-18(12)28-11-13-5-3-4-6-15(13)20(22,23)24/h3-10,32H,11H2,1-2H3,(H2,28,29,30,31). The molecule has 1 heterocycles. The Morgan fingerprint density at radius 1 is 0.939 bits per heavy atom. The molecule has 176 valence electrons. The monoisotopic (exact) mass is 487 g/mol. The topological polar surface area (TPSA) is 61.9 Å². The number of halogens is 6. The van der Waals surface area contributed by atoms with E-state index >= 15 is 0 Å². The maximum Gasteiger partial charge on any atom is 0.418 e. The Hall–Kier alpha value is -3.15. The number of benzene rings is 2. The molecule has 0 saturated heterocycles. The molecule has 0 saturated carbocycles. The summed E-state index contributed by atoms with van der Waals surface area (Å²) < 4.78 is 82.4. The highest BCUT2D eigenvalue weighted by molar-refractivity contribution is 7.99. The van der Waals surface area contributed by atoms with E-state index in [0.717, 1.165) is 24.1 Å². The quantitative estimate of drug-likeness (QED) is 0.250. The largest absolute Gasteiger partial charge is 0.418 e. The molecule has 3 N–H and O–H groups in total. The molecule has 0 radical (unpaired) electrons. The lowest BCUT2D eigenvalue weighted by Crippen LogP contribution is -2.13. The molecule has 33 heavy (non-hydrogen) atoms. The molecule has 0 bridgehead atoms. The summed E-state index contributed by atoms with van der Waals surface area (Å²) in [7, 11) is 0. The number of aryl methyl sites for hydroxylation is 1. The summed E-state index contributed by atoms with van der Waals surface area (Å²) in [6.45, 7) is 1.51. The number of nitrogens with zero attached hydrogens (tertiary/aromatic N) is 2. The SMILES string of the molecule is CSNc1ccc(Nc2ncc(C)c(NCc3ccccc3C(F)(F)F)n2)cc1C(F)(F)F. The zero-order valence-corrected chi connectivity index (χ0v) is 18.2. The summed E-state index contributed by atoms with van der Waals surface area (Å²) >= 11 is 1.03. The molecule has 12 heteroatoms. The molecular weight excluding hydrogens is 468 g/mol. The molecule has 0 atom stereocenters. The van der Waals surface area contributed by atoms with E-state index in [2.05, 4.69) is 25.3 Å². The van der Waals surface area contributed by atoms with E-state index in [1.165, 1.54) is 36.5 Å². The summed E-state index contributed by atoms with van der Waals surface area (Å²) in [6, 6.07) is 8.79. The van der Waals surface area contributed by atoms with Crippen molar-refractivity contribution in [2.75, 3.05) is 21.6 Å². The zero-order valence-electron chi connectivity index (χ0n) is 17.4. The summed E-state index contributed by atoms with van der Waals surface area (Å²) in [4.78, 5) is 8.26. The number of hydrogen-bond acceptors (Lipinski definition) is 6. The molecule has 0 amide bonds. The van der Waals surface area contributed by atoms with Gasteiger partial charge in [-0.15, -0.1) is 0 Å². The Morgan fingerprint density at radius 3 is 2.30 bits per heavy atom. The second-order valence-corrected chi connectivity index (χ2v) is 7.54. The first-order valence-electron chi connectivity index (χ1n) is 9.49. The minimum atomic E-state index is -4.58. The maximum atomic E-state index is 13.4. The van der Waals surface area contributed by atoms with Crippen molar-refractivity contribution in [2.24, 2.45) is 0 Å². The second kappa shape index (κ2) is 9.77. The van der Waals surface area contributed by atoms with Gasteiger partial charge in [0.05, 0.1) is 16.8 Å². The molecular formula is C21H19F6N5S. The van der Waals surface area contributed by atoms with E-state index in [9.17, 15) is 26.3 Å². The van der Waals surface area contributed by atoms with Gasteiger partial charge in [-0.1, -0.05) is 30.1 Å². The fourth-order valence-corrected chi connectivity index (χ4v) is 3.39. The van der Waals surface area contributed by atoms with Crippen LogP contribution in [-0.2, 0) is 18.9 Å². The number of alkyl halides is 6. The number of hydrogen-bond donors (Lipinski definition) is 3. The van der Waals surface area contributed by atoms with Crippen molar-refractivity contribution in [1.29, 1.82) is 0 Å². The van der Waals surface area contributed by atoms with E-state index in [0.29, 0.717) is 5.56 Å². The van der Waals surface area contributed by atoms with Crippen LogP contribution in [0.15, 0.2) is 48.7 Å². The van der Waals surface area contributed by atoms with Crippen LogP contribution in [0.25, 0.3) is 0 Å². The van der Waals surface area contributed by atoms with Crippen molar-refractivity contribution in [3.05, 3.63) is 70.9 Å². The molecule has 0 aliphatic rings. The highest BCUT2D eigenvalue weighted by Gasteiger charge is 2.34. The lowest BCUT2D eigenvalue weighted by atomic mass is 10.1. The smallest absolute Gasteiger partial charge is 0.366 e. The van der Waals surface area contributed by atoms with Crippen molar-refractivity contribution in [1.82, 2.24) is 9.97 Å². The van der Waals surface area contributed by atoms with E-state index < -0.39 is 23.5 Å². The molecule has 0 fully saturated rings. The number of rotatable bonds is 7. The van der Waals surface area contributed by atoms with Crippen molar-refractivity contribution >= 4 is 35.1 Å². The first-order chi connectivity index (χ1) is 15.5. The minimum absolute atomic E-state index is 0.00842. The second-order valence-electron chi connectivity index (χ2n) is 6.92. The van der Waals surface area contributed by atoms with Gasteiger partial charge < -0.3 is 15.4 Å². The molecule has 0 spiro atoms. The highest BCUT2D eigenvalue weighted by Crippen LogP contribution is 2.38. The fraction of sp³-hybridized carbons (Fsp3) is 0.238. The van der Waals surface area contributed by atoms with Gasteiger partial charge in [-0.05, 0) is 36.8 Å². The maximum absolute atomic E-state index is 13.4. The molecule has 0 aliphatic heterocycles. The first-order valence-corrected chi connectivity index (χ1v) is 10.7. The van der Waals surface area contributed by atoms with Crippen molar-refractivity contribution in [3.63, 3.8) is 0 Å². The van der Waals surface area contributed by atoms with E-state index in [4.69, 9.17) is 0 Å². The van der Waals surface area contributed by atoms with Crippen molar-refractivity contribution in [2.45, 2.75) is 25.8 Å². The molecule has 0 aliphatic carbocycles. The van der Waals surface area contributed by atoms with Crippen LogP contribution in [0, 0.1) is 6.92 Å². The molecule has 5 nitrogen and oxygen atoms in total. The predicted octanol–water partition coefficient (Wildman–Crippen LogP) is 6.87. The van der Waals surface area contributed by atoms with Crippen LogP contribution in [0.1, 0.15) is 22.3 Å².